The minimum atomic E-state index is -4.76. The average molecular weight is 377 g/mol. The van der Waals surface area contributed by atoms with Gasteiger partial charge in [-0.2, -0.15) is 4.98 Å². The molecule has 6 N–H and O–H groups in total. The Hall–Kier alpha value is -1.86. The number of aromatic nitrogens is 4. The lowest BCUT2D eigenvalue weighted by Crippen LogP contribution is -2.33. The number of imidazole rings is 1. The predicted octanol–water partition coefficient (Wildman–Crippen LogP) is -2.11. The number of hydrogen-bond donors (Lipinski definition) is 6. The molecule has 138 valence electrons. The number of H-pyrrole nitrogens is 1. The molecule has 4 atom stereocenters. The molecule has 0 aromatic carbocycles. The quantitative estimate of drug-likeness (QED) is 0.312. The van der Waals surface area contributed by atoms with Crippen LogP contribution in [0.1, 0.15) is 6.23 Å². The summed E-state index contributed by atoms with van der Waals surface area (Å²) in [5.41, 5.74) is -0.253. The topological polar surface area (TPSA) is 192 Å². The van der Waals surface area contributed by atoms with Crippen molar-refractivity contribution in [3.8, 4) is 0 Å². The molecule has 0 radical (unpaired) electrons. The zero-order chi connectivity index (χ0) is 18.4. The fraction of sp³-hybridized carbons (Fsp3) is 0.545. The second kappa shape index (κ2) is 6.46. The Morgan fingerprint density at radius 2 is 2.16 bits per heavy atom. The molecule has 25 heavy (non-hydrogen) atoms. The molecule has 0 spiro atoms. The van der Waals surface area contributed by atoms with E-state index in [0.717, 1.165) is 0 Å². The van der Waals surface area contributed by atoms with Crippen LogP contribution in [0.2, 0.25) is 0 Å². The summed E-state index contributed by atoms with van der Waals surface area (Å²) >= 11 is 0. The van der Waals surface area contributed by atoms with E-state index in [4.69, 9.17) is 14.5 Å². The van der Waals surface area contributed by atoms with Gasteiger partial charge in [-0.05, 0) is 0 Å². The maximum Gasteiger partial charge on any atom is 0.469 e. The molecule has 1 fully saturated rings. The van der Waals surface area contributed by atoms with Crippen molar-refractivity contribution in [3.63, 3.8) is 0 Å². The second-order valence-electron chi connectivity index (χ2n) is 5.32. The zero-order valence-corrected chi connectivity index (χ0v) is 13.7. The molecule has 1 aliphatic heterocycles. The Morgan fingerprint density at radius 3 is 2.80 bits per heavy atom. The van der Waals surface area contributed by atoms with Crippen molar-refractivity contribution < 1.29 is 33.8 Å². The third-order valence-electron chi connectivity index (χ3n) is 3.71. The molecule has 1 aliphatic rings. The monoisotopic (exact) mass is 377 g/mol. The molecule has 0 amide bonds. The van der Waals surface area contributed by atoms with Crippen molar-refractivity contribution in [1.82, 2.24) is 19.5 Å². The third kappa shape index (κ3) is 3.43. The van der Waals surface area contributed by atoms with Gasteiger partial charge in [0.1, 0.15) is 29.6 Å². The standard InChI is InChI=1S/C11H16N5O8P/c1-12-8-5-9(15-11(19)14-8)16(3-13-5)10-7(18)6(17)4(24-10)2-23-25(20,21)22/h3-4,6-7,10,17-18H,2H2,1H3,(H2,20,21,22)(H2,12,14,15,19)/t4-,6-,7-,10-/m1/s1. The highest BCUT2D eigenvalue weighted by atomic mass is 31.2. The normalized spacial score (nSPS) is 27.1. The van der Waals surface area contributed by atoms with Gasteiger partial charge in [0, 0.05) is 7.05 Å². The van der Waals surface area contributed by atoms with E-state index in [-0.39, 0.29) is 5.65 Å². The first-order valence-electron chi connectivity index (χ1n) is 7.07. The van der Waals surface area contributed by atoms with Crippen LogP contribution in [0.15, 0.2) is 11.1 Å². The lowest BCUT2D eigenvalue weighted by atomic mass is 10.1. The third-order valence-corrected chi connectivity index (χ3v) is 4.20. The van der Waals surface area contributed by atoms with E-state index in [1.807, 2.05) is 0 Å². The predicted molar refractivity (Wildman–Crippen MR) is 81.6 cm³/mol. The minimum Gasteiger partial charge on any atom is -0.387 e. The van der Waals surface area contributed by atoms with Gasteiger partial charge in [0.15, 0.2) is 11.9 Å². The maximum absolute atomic E-state index is 11.6. The number of aromatic amines is 1. The van der Waals surface area contributed by atoms with E-state index in [2.05, 4.69) is 24.8 Å². The first-order chi connectivity index (χ1) is 11.7. The van der Waals surface area contributed by atoms with Gasteiger partial charge in [-0.25, -0.2) is 14.3 Å². The highest BCUT2D eigenvalue weighted by Gasteiger charge is 2.45. The van der Waals surface area contributed by atoms with Crippen molar-refractivity contribution in [2.75, 3.05) is 19.0 Å². The van der Waals surface area contributed by atoms with Crippen molar-refractivity contribution >= 4 is 24.8 Å². The van der Waals surface area contributed by atoms with Crippen LogP contribution < -0.4 is 11.0 Å². The maximum atomic E-state index is 11.6. The van der Waals surface area contributed by atoms with Gasteiger partial charge in [-0.1, -0.05) is 0 Å². The molecule has 2 aromatic rings. The summed E-state index contributed by atoms with van der Waals surface area (Å²) < 4.78 is 21.8. The Balaban J connectivity index is 1.92. The summed E-state index contributed by atoms with van der Waals surface area (Å²) in [5.74, 6) is 0.308. The van der Waals surface area contributed by atoms with E-state index in [0.29, 0.717) is 11.3 Å². The molecule has 2 aromatic heterocycles. The van der Waals surface area contributed by atoms with Crippen LogP contribution in [-0.2, 0) is 13.8 Å². The molecular formula is C11H16N5O8P. The van der Waals surface area contributed by atoms with Gasteiger partial charge in [-0.15, -0.1) is 0 Å². The van der Waals surface area contributed by atoms with E-state index in [9.17, 15) is 19.6 Å². The number of hydrogen-bond acceptors (Lipinski definition) is 9. The van der Waals surface area contributed by atoms with Crippen molar-refractivity contribution in [1.29, 1.82) is 0 Å². The molecule has 3 rings (SSSR count). The number of anilines is 1. The number of phosphoric acid groups is 1. The highest BCUT2D eigenvalue weighted by Crippen LogP contribution is 2.38. The molecule has 0 bridgehead atoms. The lowest BCUT2D eigenvalue weighted by molar-refractivity contribution is -0.0504. The molecule has 3 heterocycles. The van der Waals surface area contributed by atoms with Crippen LogP contribution in [-0.4, -0.2) is 71.5 Å². The molecule has 0 unspecified atom stereocenters. The summed E-state index contributed by atoms with van der Waals surface area (Å²) in [7, 11) is -3.19. The van der Waals surface area contributed by atoms with Gasteiger partial charge in [0.05, 0.1) is 12.9 Å². The molecule has 0 saturated carbocycles. The number of phosphoric ester groups is 1. The summed E-state index contributed by atoms with van der Waals surface area (Å²) in [6.45, 7) is -0.637. The molecule has 0 aliphatic carbocycles. The van der Waals surface area contributed by atoms with E-state index in [1.165, 1.54) is 10.9 Å². The van der Waals surface area contributed by atoms with Crippen LogP contribution in [0.5, 0.6) is 0 Å². The Bertz CT molecular complexity index is 877. The number of ether oxygens (including phenoxy) is 1. The molecule has 13 nitrogen and oxygen atoms in total. The summed E-state index contributed by atoms with van der Waals surface area (Å²) in [6.07, 6.45) is -4.04. The van der Waals surface area contributed by atoms with Crippen LogP contribution in [0, 0.1) is 0 Å². The number of rotatable bonds is 5. The molecular weight excluding hydrogens is 361 g/mol. The van der Waals surface area contributed by atoms with Crippen LogP contribution in [0.3, 0.4) is 0 Å². The largest absolute Gasteiger partial charge is 0.469 e. The van der Waals surface area contributed by atoms with Gasteiger partial charge in [0.2, 0.25) is 0 Å². The minimum absolute atomic E-state index is 0.0981. The first kappa shape index (κ1) is 17.9. The number of aliphatic hydroxyl groups is 2. The lowest BCUT2D eigenvalue weighted by Gasteiger charge is -2.16. The van der Waals surface area contributed by atoms with Gasteiger partial charge in [-0.3, -0.25) is 14.1 Å². The number of aliphatic hydroxyl groups excluding tert-OH is 2. The fourth-order valence-corrected chi connectivity index (χ4v) is 2.91. The summed E-state index contributed by atoms with van der Waals surface area (Å²) in [4.78, 5) is 39.4. The van der Waals surface area contributed by atoms with Crippen molar-refractivity contribution in [2.24, 2.45) is 0 Å². The Labute approximate surface area is 139 Å². The van der Waals surface area contributed by atoms with Gasteiger partial charge < -0.3 is 30.1 Å². The van der Waals surface area contributed by atoms with Gasteiger partial charge >= 0.3 is 13.5 Å². The van der Waals surface area contributed by atoms with Crippen LogP contribution >= 0.6 is 7.82 Å². The Morgan fingerprint density at radius 1 is 1.44 bits per heavy atom. The smallest absolute Gasteiger partial charge is 0.387 e. The average Bonchev–Trinajstić information content (AvgIpc) is 3.06. The first-order valence-corrected chi connectivity index (χ1v) is 8.60. The van der Waals surface area contributed by atoms with Gasteiger partial charge in [0.25, 0.3) is 0 Å². The Kier molecular flexibility index (Phi) is 4.64. The van der Waals surface area contributed by atoms with E-state index >= 15 is 0 Å². The SMILES string of the molecule is CNc1[nH]c(=O)nc2c1ncn2[C@@H]1O[C@H](COP(=O)(O)O)[C@@H](O)[C@H]1O. The van der Waals surface area contributed by atoms with Crippen molar-refractivity contribution in [3.05, 3.63) is 16.8 Å². The van der Waals surface area contributed by atoms with Crippen molar-refractivity contribution in [2.45, 2.75) is 24.5 Å². The number of nitrogens with one attached hydrogen (secondary N) is 2. The van der Waals surface area contributed by atoms with E-state index < -0.39 is 44.7 Å². The van der Waals surface area contributed by atoms with Crippen LogP contribution in [0.4, 0.5) is 5.82 Å². The second-order valence-corrected chi connectivity index (χ2v) is 6.56. The summed E-state index contributed by atoms with van der Waals surface area (Å²) in [6, 6.07) is 0. The van der Waals surface area contributed by atoms with Crippen LogP contribution in [0.25, 0.3) is 11.2 Å². The molecule has 14 heteroatoms. The highest BCUT2D eigenvalue weighted by molar-refractivity contribution is 7.46. The number of fused-ring (bicyclic) bond motifs is 1. The summed E-state index contributed by atoms with van der Waals surface area (Å²) in [5, 5.41) is 22.9. The number of nitrogens with zero attached hydrogens (tertiary/aromatic N) is 3. The van der Waals surface area contributed by atoms with E-state index in [1.54, 1.807) is 7.05 Å². The molecule has 1 saturated heterocycles. The fourth-order valence-electron chi connectivity index (χ4n) is 2.57. The zero-order valence-electron chi connectivity index (χ0n) is 12.8.